The van der Waals surface area contributed by atoms with Gasteiger partial charge in [-0.1, -0.05) is 18.2 Å². The number of nitrogens with one attached hydrogen (secondary N) is 2. The van der Waals surface area contributed by atoms with Crippen LogP contribution in [0.15, 0.2) is 72.8 Å². The summed E-state index contributed by atoms with van der Waals surface area (Å²) >= 11 is 7.48. The molecule has 3 aromatic rings. The second-order valence-electron chi connectivity index (χ2n) is 7.82. The lowest BCUT2D eigenvalue weighted by Gasteiger charge is -2.36. The molecule has 0 spiro atoms. The van der Waals surface area contributed by atoms with Crippen molar-refractivity contribution in [3.05, 3.63) is 93.3 Å². The highest BCUT2D eigenvalue weighted by atomic mass is 127. The second-order valence-corrected chi connectivity index (χ2v) is 9.47. The van der Waals surface area contributed by atoms with Gasteiger partial charge in [0.25, 0.3) is 5.91 Å². The number of carbonyl (C=O) groups is 1. The number of thiocarbonyl (C=S) groups is 1. The van der Waals surface area contributed by atoms with Crippen molar-refractivity contribution < 1.29 is 9.18 Å². The first kappa shape index (κ1) is 23.6. The summed E-state index contributed by atoms with van der Waals surface area (Å²) in [6.45, 7) is 4.15. The minimum absolute atomic E-state index is 0.143. The number of halogens is 2. The summed E-state index contributed by atoms with van der Waals surface area (Å²) in [5.41, 5.74) is 3.24. The maximum Gasteiger partial charge on any atom is 0.257 e. The minimum atomic E-state index is -0.242. The molecule has 0 bridgehead atoms. The molecule has 0 aromatic heterocycles. The van der Waals surface area contributed by atoms with E-state index in [4.69, 9.17) is 12.2 Å². The van der Waals surface area contributed by atoms with Crippen LogP contribution in [0.5, 0.6) is 0 Å². The molecule has 5 nitrogen and oxygen atoms in total. The predicted molar refractivity (Wildman–Crippen MR) is 143 cm³/mol. The number of rotatable bonds is 5. The van der Waals surface area contributed by atoms with E-state index in [-0.39, 0.29) is 16.8 Å². The van der Waals surface area contributed by atoms with Crippen LogP contribution in [0.25, 0.3) is 0 Å². The minimum Gasteiger partial charge on any atom is -0.369 e. The fourth-order valence-electron chi connectivity index (χ4n) is 3.73. The maximum atomic E-state index is 13.9. The van der Waals surface area contributed by atoms with Crippen molar-refractivity contribution in [3.63, 3.8) is 0 Å². The number of piperazine rings is 1. The molecule has 4 rings (SSSR count). The van der Waals surface area contributed by atoms with Crippen LogP contribution in [0.1, 0.15) is 15.9 Å². The van der Waals surface area contributed by atoms with Crippen molar-refractivity contribution in [3.8, 4) is 0 Å². The molecule has 3 aromatic carbocycles. The van der Waals surface area contributed by atoms with Gasteiger partial charge in [-0.25, -0.2) is 4.39 Å². The van der Waals surface area contributed by atoms with Gasteiger partial charge in [-0.3, -0.25) is 15.0 Å². The Morgan fingerprint density at radius 2 is 1.61 bits per heavy atom. The molecular weight excluding hydrogens is 550 g/mol. The zero-order valence-electron chi connectivity index (χ0n) is 17.9. The Morgan fingerprint density at radius 1 is 0.939 bits per heavy atom. The number of amides is 1. The van der Waals surface area contributed by atoms with Crippen molar-refractivity contribution in [2.75, 3.05) is 36.4 Å². The van der Waals surface area contributed by atoms with Crippen LogP contribution in [-0.4, -0.2) is 42.1 Å². The zero-order chi connectivity index (χ0) is 23.2. The SMILES string of the molecule is O=C(NC(=S)Nc1ccc(N2CCN(Cc3ccccc3F)CC2)cc1)c1ccc(I)cc1. The molecule has 8 heteroatoms. The third-order valence-electron chi connectivity index (χ3n) is 5.55. The Labute approximate surface area is 212 Å². The monoisotopic (exact) mass is 574 g/mol. The van der Waals surface area contributed by atoms with Crippen molar-refractivity contribution in [1.29, 1.82) is 0 Å². The Bertz CT molecular complexity index is 1120. The van der Waals surface area contributed by atoms with E-state index in [1.165, 1.54) is 6.07 Å². The van der Waals surface area contributed by atoms with Gasteiger partial charge in [0.05, 0.1) is 0 Å². The van der Waals surface area contributed by atoms with Gasteiger partial charge in [0.1, 0.15) is 5.82 Å². The summed E-state index contributed by atoms with van der Waals surface area (Å²) in [4.78, 5) is 16.9. The molecule has 1 fully saturated rings. The van der Waals surface area contributed by atoms with Gasteiger partial charge in [0, 0.05) is 58.8 Å². The normalized spacial score (nSPS) is 14.1. The lowest BCUT2D eigenvalue weighted by molar-refractivity contribution is 0.0977. The average Bonchev–Trinajstić information content (AvgIpc) is 2.82. The van der Waals surface area contributed by atoms with Gasteiger partial charge in [0.2, 0.25) is 0 Å². The molecule has 0 aliphatic carbocycles. The van der Waals surface area contributed by atoms with E-state index in [1.54, 1.807) is 18.2 Å². The average molecular weight is 574 g/mol. The van der Waals surface area contributed by atoms with Gasteiger partial charge < -0.3 is 10.2 Å². The Balaban J connectivity index is 1.26. The van der Waals surface area contributed by atoms with Crippen molar-refractivity contribution in [2.24, 2.45) is 0 Å². The Kier molecular flexibility index (Phi) is 7.89. The molecule has 1 amide bonds. The number of anilines is 2. The van der Waals surface area contributed by atoms with Gasteiger partial charge in [-0.15, -0.1) is 0 Å². The molecule has 0 unspecified atom stereocenters. The fraction of sp³-hybridized carbons (Fsp3) is 0.200. The van der Waals surface area contributed by atoms with Crippen LogP contribution >= 0.6 is 34.8 Å². The molecular formula is C25H24FIN4OS. The van der Waals surface area contributed by atoms with Crippen LogP contribution in [0, 0.1) is 9.39 Å². The summed E-state index contributed by atoms with van der Waals surface area (Å²) < 4.78 is 15.0. The smallest absolute Gasteiger partial charge is 0.257 e. The molecule has 1 aliphatic rings. The molecule has 0 saturated carbocycles. The molecule has 0 atom stereocenters. The molecule has 1 aliphatic heterocycles. The molecule has 0 radical (unpaired) electrons. The molecule has 33 heavy (non-hydrogen) atoms. The highest BCUT2D eigenvalue weighted by Crippen LogP contribution is 2.20. The molecule has 1 heterocycles. The lowest BCUT2D eigenvalue weighted by Crippen LogP contribution is -2.46. The Hall–Kier alpha value is -2.56. The van der Waals surface area contributed by atoms with E-state index in [1.807, 2.05) is 48.5 Å². The van der Waals surface area contributed by atoms with Gasteiger partial charge in [-0.2, -0.15) is 0 Å². The topological polar surface area (TPSA) is 47.6 Å². The van der Waals surface area contributed by atoms with E-state index in [0.717, 1.165) is 46.7 Å². The van der Waals surface area contributed by atoms with Crippen molar-refractivity contribution in [1.82, 2.24) is 10.2 Å². The van der Waals surface area contributed by atoms with E-state index >= 15 is 0 Å². The largest absolute Gasteiger partial charge is 0.369 e. The summed E-state index contributed by atoms with van der Waals surface area (Å²) in [7, 11) is 0. The second kappa shape index (κ2) is 11.0. The standard InChI is InChI=1S/C25H24FIN4OS/c26-23-4-2-1-3-19(23)17-30-13-15-31(16-14-30)22-11-9-21(10-12-22)28-25(33)29-24(32)18-5-7-20(27)8-6-18/h1-12H,13-17H2,(H2,28,29,32,33). The Morgan fingerprint density at radius 3 is 2.27 bits per heavy atom. The molecule has 2 N–H and O–H groups in total. The van der Waals surface area contributed by atoms with Crippen LogP contribution in [0.4, 0.5) is 15.8 Å². The number of benzene rings is 3. The van der Waals surface area contributed by atoms with E-state index in [9.17, 15) is 9.18 Å². The molecule has 170 valence electrons. The number of carbonyl (C=O) groups excluding carboxylic acids is 1. The van der Waals surface area contributed by atoms with E-state index < -0.39 is 0 Å². The quantitative estimate of drug-likeness (QED) is 0.336. The van der Waals surface area contributed by atoms with Crippen LogP contribution in [0.2, 0.25) is 0 Å². The van der Waals surface area contributed by atoms with Crippen molar-refractivity contribution in [2.45, 2.75) is 6.54 Å². The first-order chi connectivity index (χ1) is 16.0. The highest BCUT2D eigenvalue weighted by molar-refractivity contribution is 14.1. The van der Waals surface area contributed by atoms with Crippen LogP contribution in [-0.2, 0) is 6.54 Å². The highest BCUT2D eigenvalue weighted by Gasteiger charge is 2.18. The lowest BCUT2D eigenvalue weighted by atomic mass is 10.1. The number of hydrogen-bond acceptors (Lipinski definition) is 4. The van der Waals surface area contributed by atoms with Gasteiger partial charge in [-0.05, 0) is 89.4 Å². The van der Waals surface area contributed by atoms with Gasteiger partial charge in [0.15, 0.2) is 5.11 Å². The molecule has 1 saturated heterocycles. The third kappa shape index (κ3) is 6.49. The zero-order valence-corrected chi connectivity index (χ0v) is 20.9. The van der Waals surface area contributed by atoms with E-state index in [0.29, 0.717) is 12.1 Å². The van der Waals surface area contributed by atoms with Crippen LogP contribution in [0.3, 0.4) is 0 Å². The first-order valence-corrected chi connectivity index (χ1v) is 12.2. The first-order valence-electron chi connectivity index (χ1n) is 10.7. The van der Waals surface area contributed by atoms with Crippen LogP contribution < -0.4 is 15.5 Å². The number of hydrogen-bond donors (Lipinski definition) is 2. The summed E-state index contributed by atoms with van der Waals surface area (Å²) in [6.07, 6.45) is 0. The fourth-order valence-corrected chi connectivity index (χ4v) is 4.30. The van der Waals surface area contributed by atoms with Crippen molar-refractivity contribution >= 4 is 57.2 Å². The van der Waals surface area contributed by atoms with E-state index in [2.05, 4.69) is 43.0 Å². The third-order valence-corrected chi connectivity index (χ3v) is 6.47. The summed E-state index contributed by atoms with van der Waals surface area (Å²) in [5, 5.41) is 6.02. The number of nitrogens with zero attached hydrogens (tertiary/aromatic N) is 2. The summed E-state index contributed by atoms with van der Waals surface area (Å²) in [6, 6.07) is 22.2. The predicted octanol–water partition coefficient (Wildman–Crippen LogP) is 4.88. The van der Waals surface area contributed by atoms with Gasteiger partial charge >= 0.3 is 0 Å². The maximum absolute atomic E-state index is 13.9. The summed E-state index contributed by atoms with van der Waals surface area (Å²) in [5.74, 6) is -0.385.